The molecule has 0 aliphatic heterocycles. The summed E-state index contributed by atoms with van der Waals surface area (Å²) in [5.41, 5.74) is 0.568. The number of hydrogen-bond donors (Lipinski definition) is 2. The normalized spacial score (nSPS) is 10.5. The maximum Gasteiger partial charge on any atom is 0.328 e. The van der Waals surface area contributed by atoms with Crippen LogP contribution in [-0.4, -0.2) is 27.0 Å². The van der Waals surface area contributed by atoms with Crippen LogP contribution in [0.25, 0.3) is 6.08 Å². The van der Waals surface area contributed by atoms with Crippen LogP contribution >= 0.6 is 0 Å². The molecule has 2 aromatic rings. The van der Waals surface area contributed by atoms with Gasteiger partial charge in [0.1, 0.15) is 12.1 Å². The van der Waals surface area contributed by atoms with Crippen molar-refractivity contribution in [2.45, 2.75) is 0 Å². The van der Waals surface area contributed by atoms with Gasteiger partial charge in [-0.2, -0.15) is 0 Å². The molecule has 106 valence electrons. The second-order valence-electron chi connectivity index (χ2n) is 3.99. The highest BCUT2D eigenvalue weighted by Crippen LogP contribution is 2.14. The molecule has 0 spiro atoms. The molecule has 0 saturated carbocycles. The predicted molar refractivity (Wildman–Crippen MR) is 73.1 cm³/mol. The molecule has 0 atom stereocenters. The van der Waals surface area contributed by atoms with Gasteiger partial charge in [0.05, 0.1) is 18.1 Å². The number of hydrogen-bond acceptors (Lipinski definition) is 4. The number of nitrogens with one attached hydrogen (secondary N) is 1. The zero-order valence-corrected chi connectivity index (χ0v) is 10.7. The summed E-state index contributed by atoms with van der Waals surface area (Å²) in [4.78, 5) is 29.8. The molecule has 0 saturated heterocycles. The van der Waals surface area contributed by atoms with E-state index in [2.05, 4.69) is 15.3 Å². The first-order chi connectivity index (χ1) is 10.1. The van der Waals surface area contributed by atoms with Gasteiger partial charge in [-0.25, -0.2) is 19.2 Å². The zero-order valence-electron chi connectivity index (χ0n) is 10.7. The Morgan fingerprint density at radius 1 is 1.24 bits per heavy atom. The Balaban J connectivity index is 2.16. The van der Waals surface area contributed by atoms with Crippen LogP contribution in [0, 0.1) is 5.82 Å². The van der Waals surface area contributed by atoms with Crippen molar-refractivity contribution in [3.05, 3.63) is 59.9 Å². The molecule has 6 nitrogen and oxygen atoms in total. The monoisotopic (exact) mass is 287 g/mol. The number of rotatable bonds is 4. The summed E-state index contributed by atoms with van der Waals surface area (Å²) in [6.45, 7) is 0. The third kappa shape index (κ3) is 3.93. The molecule has 0 bridgehead atoms. The number of benzene rings is 1. The van der Waals surface area contributed by atoms with Gasteiger partial charge in [-0.15, -0.1) is 0 Å². The Labute approximate surface area is 119 Å². The number of carbonyl (C=O) groups is 2. The molecule has 1 heterocycles. The molecule has 1 aromatic carbocycles. The third-order valence-electron chi connectivity index (χ3n) is 2.49. The van der Waals surface area contributed by atoms with Crippen LogP contribution in [-0.2, 0) is 4.79 Å². The van der Waals surface area contributed by atoms with Gasteiger partial charge in [-0.3, -0.25) is 4.79 Å². The van der Waals surface area contributed by atoms with E-state index >= 15 is 0 Å². The van der Waals surface area contributed by atoms with Crippen molar-refractivity contribution < 1.29 is 19.1 Å². The summed E-state index contributed by atoms with van der Waals surface area (Å²) < 4.78 is 13.8. The van der Waals surface area contributed by atoms with Gasteiger partial charge in [-0.1, -0.05) is 6.07 Å². The van der Waals surface area contributed by atoms with Crippen LogP contribution in [0.2, 0.25) is 0 Å². The van der Waals surface area contributed by atoms with E-state index in [9.17, 15) is 14.0 Å². The molecule has 0 aliphatic rings. The van der Waals surface area contributed by atoms with E-state index in [1.165, 1.54) is 30.9 Å². The summed E-state index contributed by atoms with van der Waals surface area (Å²) >= 11 is 0. The molecule has 2 rings (SSSR count). The number of carbonyl (C=O) groups excluding carboxylic acids is 1. The topological polar surface area (TPSA) is 92.2 Å². The highest BCUT2D eigenvalue weighted by molar-refractivity contribution is 6.04. The van der Waals surface area contributed by atoms with Crippen LogP contribution in [0.3, 0.4) is 0 Å². The first-order valence-corrected chi connectivity index (χ1v) is 5.83. The molecule has 1 amide bonds. The minimum Gasteiger partial charge on any atom is -0.478 e. The highest BCUT2D eigenvalue weighted by Gasteiger charge is 2.09. The second-order valence-corrected chi connectivity index (χ2v) is 3.99. The number of carboxylic acids is 1. The Morgan fingerprint density at radius 3 is 2.57 bits per heavy atom. The van der Waals surface area contributed by atoms with Gasteiger partial charge < -0.3 is 10.4 Å². The molecule has 0 radical (unpaired) electrons. The summed E-state index contributed by atoms with van der Waals surface area (Å²) in [7, 11) is 0. The molecule has 7 heteroatoms. The van der Waals surface area contributed by atoms with Crippen LogP contribution < -0.4 is 5.32 Å². The number of aromatic nitrogens is 2. The number of carboxylic acid groups (broad SMARTS) is 1. The fraction of sp³-hybridized carbons (Fsp3) is 0. The highest BCUT2D eigenvalue weighted by atomic mass is 19.1. The average molecular weight is 287 g/mol. The zero-order chi connectivity index (χ0) is 15.2. The van der Waals surface area contributed by atoms with E-state index in [0.717, 1.165) is 18.2 Å². The number of nitrogens with zero attached hydrogens (tertiary/aromatic N) is 2. The van der Waals surface area contributed by atoms with Crippen molar-refractivity contribution in [2.24, 2.45) is 0 Å². The van der Waals surface area contributed by atoms with Gasteiger partial charge >= 0.3 is 5.97 Å². The van der Waals surface area contributed by atoms with E-state index in [-0.39, 0.29) is 11.1 Å². The van der Waals surface area contributed by atoms with Crippen molar-refractivity contribution in [1.29, 1.82) is 0 Å². The number of anilines is 1. The van der Waals surface area contributed by atoms with Crippen molar-refractivity contribution in [3.8, 4) is 0 Å². The van der Waals surface area contributed by atoms with Gasteiger partial charge in [0, 0.05) is 17.2 Å². The van der Waals surface area contributed by atoms with Crippen molar-refractivity contribution in [1.82, 2.24) is 9.97 Å². The Morgan fingerprint density at radius 2 is 1.95 bits per heavy atom. The third-order valence-corrected chi connectivity index (χ3v) is 2.49. The predicted octanol–water partition coefficient (Wildman–Crippen LogP) is 1.97. The van der Waals surface area contributed by atoms with Gasteiger partial charge in [0.15, 0.2) is 0 Å². The van der Waals surface area contributed by atoms with Crippen molar-refractivity contribution in [3.63, 3.8) is 0 Å². The van der Waals surface area contributed by atoms with Crippen LogP contribution in [0.1, 0.15) is 15.9 Å². The molecule has 0 aliphatic carbocycles. The lowest BCUT2D eigenvalue weighted by atomic mass is 10.1. The first kappa shape index (κ1) is 14.3. The fourth-order valence-corrected chi connectivity index (χ4v) is 1.53. The SMILES string of the molecule is O=C(O)/C=C/c1ccc(C(=O)Nc2cncnc2)cc1F. The van der Waals surface area contributed by atoms with E-state index in [1.54, 1.807) is 0 Å². The van der Waals surface area contributed by atoms with E-state index in [0.29, 0.717) is 5.69 Å². The van der Waals surface area contributed by atoms with Crippen LogP contribution in [0.15, 0.2) is 43.0 Å². The van der Waals surface area contributed by atoms with E-state index in [4.69, 9.17) is 5.11 Å². The Bertz CT molecular complexity index is 702. The maximum atomic E-state index is 13.8. The number of amides is 1. The van der Waals surface area contributed by atoms with Crippen molar-refractivity contribution in [2.75, 3.05) is 5.32 Å². The smallest absolute Gasteiger partial charge is 0.328 e. The molecule has 21 heavy (non-hydrogen) atoms. The molecule has 2 N–H and O–H groups in total. The summed E-state index contributed by atoms with van der Waals surface area (Å²) in [6.07, 6.45) is 6.07. The largest absolute Gasteiger partial charge is 0.478 e. The molecular formula is C14H10FN3O3. The summed E-state index contributed by atoms with van der Waals surface area (Å²) in [5.74, 6) is -2.39. The Kier molecular flexibility index (Phi) is 4.35. The van der Waals surface area contributed by atoms with E-state index < -0.39 is 17.7 Å². The average Bonchev–Trinajstić information content (AvgIpc) is 2.46. The van der Waals surface area contributed by atoms with Gasteiger partial charge in [0.2, 0.25) is 0 Å². The fourth-order valence-electron chi connectivity index (χ4n) is 1.53. The number of halogens is 1. The van der Waals surface area contributed by atoms with Crippen LogP contribution in [0.5, 0.6) is 0 Å². The summed E-state index contributed by atoms with van der Waals surface area (Å²) in [5, 5.41) is 11.0. The van der Waals surface area contributed by atoms with Gasteiger partial charge in [0.25, 0.3) is 5.91 Å². The quantitative estimate of drug-likeness (QED) is 0.839. The van der Waals surface area contributed by atoms with Crippen LogP contribution in [0.4, 0.5) is 10.1 Å². The minimum absolute atomic E-state index is 0.0806. The molecule has 0 fully saturated rings. The Hall–Kier alpha value is -3.09. The minimum atomic E-state index is -1.18. The lowest BCUT2D eigenvalue weighted by Crippen LogP contribution is -2.12. The lowest BCUT2D eigenvalue weighted by Gasteiger charge is -2.05. The molecule has 1 aromatic heterocycles. The summed E-state index contributed by atoms with van der Waals surface area (Å²) in [6, 6.07) is 3.75. The van der Waals surface area contributed by atoms with E-state index in [1.807, 2.05) is 0 Å². The molecule has 0 unspecified atom stereocenters. The number of aliphatic carboxylic acids is 1. The van der Waals surface area contributed by atoms with Crippen molar-refractivity contribution >= 4 is 23.6 Å². The second kappa shape index (κ2) is 6.38. The molecular weight excluding hydrogens is 277 g/mol. The lowest BCUT2D eigenvalue weighted by molar-refractivity contribution is -0.131. The maximum absolute atomic E-state index is 13.8. The van der Waals surface area contributed by atoms with Gasteiger partial charge in [-0.05, 0) is 18.2 Å². The standard InChI is InChI=1S/C14H10FN3O3/c15-12-5-10(2-1-9(12)3-4-13(19)20)14(21)18-11-6-16-8-17-7-11/h1-8H,(H,18,21)(H,19,20)/b4-3+. The first-order valence-electron chi connectivity index (χ1n) is 5.83.